The van der Waals surface area contributed by atoms with Crippen molar-refractivity contribution in [2.75, 3.05) is 13.1 Å². The minimum atomic E-state index is -0.276. The van der Waals surface area contributed by atoms with E-state index in [1.165, 1.54) is 32.1 Å². The number of amides is 2. The Hall–Kier alpha value is -0.990. The monoisotopic (exact) mass is 254 g/mol. The third-order valence-corrected chi connectivity index (χ3v) is 3.01. The Morgan fingerprint density at radius 3 is 2.28 bits per heavy atom. The lowest BCUT2D eigenvalue weighted by Gasteiger charge is -2.19. The van der Waals surface area contributed by atoms with Crippen LogP contribution >= 0.6 is 0 Å². The zero-order chi connectivity index (χ0) is 13.6. The molecule has 0 saturated carbocycles. The first-order valence-electron chi connectivity index (χ1n) is 7.41. The molecule has 0 heterocycles. The van der Waals surface area contributed by atoms with Gasteiger partial charge in [0.25, 0.3) is 0 Å². The van der Waals surface area contributed by atoms with Crippen LogP contribution < -0.4 is 5.73 Å². The highest BCUT2D eigenvalue weighted by molar-refractivity contribution is 5.71. The van der Waals surface area contributed by atoms with E-state index >= 15 is 0 Å². The minimum absolute atomic E-state index is 0.276. The van der Waals surface area contributed by atoms with Crippen molar-refractivity contribution in [1.29, 1.82) is 0 Å². The number of unbranched alkanes of at least 4 members (excludes halogenated alkanes) is 5. The highest BCUT2D eigenvalue weighted by atomic mass is 16.2. The van der Waals surface area contributed by atoms with Gasteiger partial charge in [-0.25, -0.2) is 4.79 Å². The Kier molecular flexibility index (Phi) is 11.8. The Bertz CT molecular complexity index is 227. The van der Waals surface area contributed by atoms with Gasteiger partial charge in [-0.1, -0.05) is 45.3 Å². The van der Waals surface area contributed by atoms with Gasteiger partial charge in [0.15, 0.2) is 0 Å². The second-order valence-corrected chi connectivity index (χ2v) is 4.76. The van der Waals surface area contributed by atoms with Crippen LogP contribution in [0, 0.1) is 0 Å². The van der Waals surface area contributed by atoms with E-state index in [0.717, 1.165) is 32.4 Å². The topological polar surface area (TPSA) is 46.3 Å². The quantitative estimate of drug-likeness (QED) is 0.438. The average molecular weight is 254 g/mol. The third-order valence-electron chi connectivity index (χ3n) is 3.01. The highest BCUT2D eigenvalue weighted by Crippen LogP contribution is 2.07. The molecule has 2 amide bonds. The van der Waals surface area contributed by atoms with Gasteiger partial charge in [0.05, 0.1) is 0 Å². The van der Waals surface area contributed by atoms with E-state index in [1.807, 2.05) is 0 Å². The number of rotatable bonds is 11. The van der Waals surface area contributed by atoms with Crippen LogP contribution in [0.15, 0.2) is 12.2 Å². The van der Waals surface area contributed by atoms with Crippen LogP contribution in [0.1, 0.15) is 65.2 Å². The zero-order valence-corrected chi connectivity index (χ0v) is 12.2. The van der Waals surface area contributed by atoms with Gasteiger partial charge in [-0.15, -0.1) is 0 Å². The zero-order valence-electron chi connectivity index (χ0n) is 12.2. The van der Waals surface area contributed by atoms with Crippen molar-refractivity contribution in [2.45, 2.75) is 65.2 Å². The minimum Gasteiger partial charge on any atom is -0.351 e. The summed E-state index contributed by atoms with van der Waals surface area (Å²) in [6.07, 6.45) is 13.9. The summed E-state index contributed by atoms with van der Waals surface area (Å²) in [5, 5.41) is 0. The molecule has 0 fully saturated rings. The van der Waals surface area contributed by atoms with E-state index < -0.39 is 0 Å². The van der Waals surface area contributed by atoms with E-state index in [-0.39, 0.29) is 6.03 Å². The molecule has 3 heteroatoms. The van der Waals surface area contributed by atoms with E-state index in [0.29, 0.717) is 0 Å². The first-order chi connectivity index (χ1) is 8.72. The Labute approximate surface area is 112 Å². The maximum atomic E-state index is 11.1. The fourth-order valence-electron chi connectivity index (χ4n) is 1.98. The maximum Gasteiger partial charge on any atom is 0.314 e. The largest absolute Gasteiger partial charge is 0.351 e. The number of nitrogens with two attached hydrogens (primary N) is 1. The fraction of sp³-hybridized carbons (Fsp3) is 0.800. The molecular formula is C15H30N2O. The standard InChI is InChI=1S/C15H30N2O/c1-3-5-6-7-8-9-10-11-12-14-17(13-4-2)15(16)18/h5-6H,3-4,7-14H2,1-2H3,(H2,16,18). The molecule has 3 nitrogen and oxygen atoms in total. The summed E-state index contributed by atoms with van der Waals surface area (Å²) < 4.78 is 0. The maximum absolute atomic E-state index is 11.1. The molecule has 0 aliphatic carbocycles. The molecule has 0 aliphatic heterocycles. The second kappa shape index (κ2) is 12.5. The lowest BCUT2D eigenvalue weighted by molar-refractivity contribution is 0.206. The van der Waals surface area contributed by atoms with E-state index in [1.54, 1.807) is 4.90 Å². The SMILES string of the molecule is CCC=CCCCCCCCN(CCC)C(N)=O. The van der Waals surface area contributed by atoms with Crippen LogP contribution in [0.25, 0.3) is 0 Å². The molecule has 106 valence electrons. The Morgan fingerprint density at radius 2 is 1.67 bits per heavy atom. The molecular weight excluding hydrogens is 224 g/mol. The molecule has 0 bridgehead atoms. The predicted molar refractivity (Wildman–Crippen MR) is 78.6 cm³/mol. The smallest absolute Gasteiger partial charge is 0.314 e. The van der Waals surface area contributed by atoms with Crippen LogP contribution in [0.4, 0.5) is 4.79 Å². The number of hydrogen-bond donors (Lipinski definition) is 1. The van der Waals surface area contributed by atoms with Gasteiger partial charge >= 0.3 is 6.03 Å². The van der Waals surface area contributed by atoms with Crippen LogP contribution in [-0.4, -0.2) is 24.0 Å². The molecule has 0 rings (SSSR count). The summed E-state index contributed by atoms with van der Waals surface area (Å²) in [6.45, 7) is 5.84. The number of primary amides is 1. The molecule has 0 atom stereocenters. The second-order valence-electron chi connectivity index (χ2n) is 4.76. The summed E-state index contributed by atoms with van der Waals surface area (Å²) in [4.78, 5) is 12.9. The molecule has 0 saturated heterocycles. The molecule has 0 unspecified atom stereocenters. The van der Waals surface area contributed by atoms with Crippen LogP contribution in [0.3, 0.4) is 0 Å². The van der Waals surface area contributed by atoms with Crippen molar-refractivity contribution in [3.63, 3.8) is 0 Å². The summed E-state index contributed by atoms with van der Waals surface area (Å²) in [5.74, 6) is 0. The predicted octanol–water partition coefficient (Wildman–Crippen LogP) is 4.08. The number of hydrogen-bond acceptors (Lipinski definition) is 1. The summed E-state index contributed by atoms with van der Waals surface area (Å²) in [6, 6.07) is -0.276. The van der Waals surface area contributed by atoms with Gasteiger partial charge in [-0.05, 0) is 32.1 Å². The molecule has 0 aliphatic rings. The number of nitrogens with zero attached hydrogens (tertiary/aromatic N) is 1. The average Bonchev–Trinajstić information content (AvgIpc) is 2.35. The molecule has 2 N–H and O–H groups in total. The van der Waals surface area contributed by atoms with Crippen LogP contribution in [-0.2, 0) is 0 Å². The highest BCUT2D eigenvalue weighted by Gasteiger charge is 2.06. The van der Waals surface area contributed by atoms with Crippen LogP contribution in [0.2, 0.25) is 0 Å². The summed E-state index contributed by atoms with van der Waals surface area (Å²) >= 11 is 0. The molecule has 0 aromatic carbocycles. The first kappa shape index (κ1) is 17.0. The van der Waals surface area contributed by atoms with E-state index in [9.17, 15) is 4.79 Å². The van der Waals surface area contributed by atoms with Crippen molar-refractivity contribution < 1.29 is 4.79 Å². The first-order valence-corrected chi connectivity index (χ1v) is 7.41. The number of carbonyl (C=O) groups is 1. The Morgan fingerprint density at radius 1 is 1.00 bits per heavy atom. The third kappa shape index (κ3) is 10.2. The van der Waals surface area contributed by atoms with Crippen LogP contribution in [0.5, 0.6) is 0 Å². The molecule has 0 radical (unpaired) electrons. The van der Waals surface area contributed by atoms with E-state index in [2.05, 4.69) is 26.0 Å². The summed E-state index contributed by atoms with van der Waals surface area (Å²) in [5.41, 5.74) is 5.31. The van der Waals surface area contributed by atoms with Crippen molar-refractivity contribution in [2.24, 2.45) is 5.73 Å². The van der Waals surface area contributed by atoms with Crippen molar-refractivity contribution >= 4 is 6.03 Å². The molecule has 0 spiro atoms. The molecule has 0 aromatic rings. The van der Waals surface area contributed by atoms with Crippen molar-refractivity contribution in [1.82, 2.24) is 4.90 Å². The van der Waals surface area contributed by atoms with Gasteiger partial charge in [0.1, 0.15) is 0 Å². The number of urea groups is 1. The van der Waals surface area contributed by atoms with Gasteiger partial charge in [0.2, 0.25) is 0 Å². The van der Waals surface area contributed by atoms with Gasteiger partial charge in [0, 0.05) is 13.1 Å². The Balaban J connectivity index is 3.38. The number of carbonyl (C=O) groups excluding carboxylic acids is 1. The molecule has 18 heavy (non-hydrogen) atoms. The normalized spacial score (nSPS) is 11.0. The number of allylic oxidation sites excluding steroid dienone is 2. The summed E-state index contributed by atoms with van der Waals surface area (Å²) in [7, 11) is 0. The lowest BCUT2D eigenvalue weighted by Crippen LogP contribution is -2.36. The van der Waals surface area contributed by atoms with Crippen molar-refractivity contribution in [3.8, 4) is 0 Å². The molecule has 0 aromatic heterocycles. The van der Waals surface area contributed by atoms with Crippen molar-refractivity contribution in [3.05, 3.63) is 12.2 Å². The van der Waals surface area contributed by atoms with E-state index in [4.69, 9.17) is 5.73 Å². The van der Waals surface area contributed by atoms with Gasteiger partial charge in [-0.2, -0.15) is 0 Å². The lowest BCUT2D eigenvalue weighted by atomic mass is 10.1. The fourth-order valence-corrected chi connectivity index (χ4v) is 1.98. The van der Waals surface area contributed by atoms with Gasteiger partial charge < -0.3 is 10.6 Å². The van der Waals surface area contributed by atoms with Gasteiger partial charge in [-0.3, -0.25) is 0 Å².